The second-order valence-electron chi connectivity index (χ2n) is 6.96. The van der Waals surface area contributed by atoms with Crippen molar-refractivity contribution in [2.45, 2.75) is 6.54 Å². The minimum Gasteiger partial charge on any atom is -0.465 e. The van der Waals surface area contributed by atoms with Crippen molar-refractivity contribution in [1.29, 1.82) is 0 Å². The van der Waals surface area contributed by atoms with Crippen LogP contribution in [0.1, 0.15) is 21.7 Å². The summed E-state index contributed by atoms with van der Waals surface area (Å²) in [4.78, 5) is 48.2. The Balaban J connectivity index is 1.48. The second-order valence-corrected chi connectivity index (χ2v) is 7.96. The monoisotopic (exact) mass is 464 g/mol. The summed E-state index contributed by atoms with van der Waals surface area (Å²) >= 11 is 0.796. The van der Waals surface area contributed by atoms with Crippen molar-refractivity contribution in [3.8, 4) is 11.3 Å². The van der Waals surface area contributed by atoms with Gasteiger partial charge in [0.1, 0.15) is 11.5 Å². The molecular weight excluding hydrogens is 448 g/mol. The third-order valence-electron chi connectivity index (χ3n) is 4.85. The topological polar surface area (TPSA) is 120 Å². The van der Waals surface area contributed by atoms with Crippen LogP contribution in [0.5, 0.6) is 0 Å². The Bertz CT molecular complexity index is 1280. The number of hydrogen-bond acceptors (Lipinski definition) is 8. The zero-order chi connectivity index (χ0) is 23.5. The molecule has 0 radical (unpaired) electrons. The van der Waals surface area contributed by atoms with Crippen molar-refractivity contribution >= 4 is 40.6 Å². The van der Waals surface area contributed by atoms with Gasteiger partial charge in [0.25, 0.3) is 16.8 Å². The molecule has 0 aliphatic carbocycles. The molecule has 1 aliphatic heterocycles. The number of non-ortho nitro benzene ring substituents is 1. The molecule has 1 aromatic heterocycles. The van der Waals surface area contributed by atoms with Gasteiger partial charge in [0, 0.05) is 23.8 Å². The summed E-state index contributed by atoms with van der Waals surface area (Å²) in [7, 11) is 1.31. The highest BCUT2D eigenvalue weighted by atomic mass is 32.2. The van der Waals surface area contributed by atoms with Gasteiger partial charge in [-0.25, -0.2) is 4.79 Å². The summed E-state index contributed by atoms with van der Waals surface area (Å²) in [5.41, 5.74) is 1.67. The molecular formula is C23H16N2O7S. The first-order valence-electron chi connectivity index (χ1n) is 9.63. The van der Waals surface area contributed by atoms with Crippen LogP contribution in [-0.4, -0.2) is 34.0 Å². The van der Waals surface area contributed by atoms with E-state index in [0.717, 1.165) is 22.2 Å². The van der Waals surface area contributed by atoms with Gasteiger partial charge in [-0.2, -0.15) is 0 Å². The van der Waals surface area contributed by atoms with E-state index < -0.39 is 22.0 Å². The molecule has 1 saturated heterocycles. The molecule has 0 bridgehead atoms. The standard InChI is InChI=1S/C23H16N2O7S/c1-31-22(27)16-6-4-15(5-7-16)19-11-10-18(32-19)12-20-21(26)24(23(28)33-20)13-14-2-8-17(9-3-14)25(29)30/h2-12H,13H2,1H3/b20-12-. The quantitative estimate of drug-likeness (QED) is 0.219. The first-order valence-corrected chi connectivity index (χ1v) is 10.4. The molecule has 166 valence electrons. The molecule has 10 heteroatoms. The number of methoxy groups -OCH3 is 1. The molecule has 3 aromatic rings. The predicted molar refractivity (Wildman–Crippen MR) is 120 cm³/mol. The van der Waals surface area contributed by atoms with Gasteiger partial charge in [0.15, 0.2) is 0 Å². The van der Waals surface area contributed by atoms with Crippen LogP contribution in [-0.2, 0) is 16.1 Å². The van der Waals surface area contributed by atoms with Crippen LogP contribution >= 0.6 is 11.8 Å². The van der Waals surface area contributed by atoms with Crippen LogP contribution in [0.4, 0.5) is 10.5 Å². The van der Waals surface area contributed by atoms with E-state index in [1.54, 1.807) is 36.4 Å². The smallest absolute Gasteiger partial charge is 0.337 e. The number of ether oxygens (including phenoxy) is 1. The molecule has 0 atom stereocenters. The molecule has 0 unspecified atom stereocenters. The van der Waals surface area contributed by atoms with Crippen LogP contribution in [0, 0.1) is 10.1 Å². The average Bonchev–Trinajstić information content (AvgIpc) is 3.39. The number of benzene rings is 2. The first-order chi connectivity index (χ1) is 15.9. The van der Waals surface area contributed by atoms with Gasteiger partial charge in [-0.3, -0.25) is 24.6 Å². The van der Waals surface area contributed by atoms with Crippen molar-refractivity contribution in [3.05, 3.63) is 92.6 Å². The number of imide groups is 1. The lowest BCUT2D eigenvalue weighted by atomic mass is 10.1. The Morgan fingerprint density at radius 2 is 1.79 bits per heavy atom. The van der Waals surface area contributed by atoms with Gasteiger partial charge in [-0.1, -0.05) is 24.3 Å². The fourth-order valence-corrected chi connectivity index (χ4v) is 3.96. The number of nitro benzene ring substituents is 1. The van der Waals surface area contributed by atoms with Gasteiger partial charge in [0.2, 0.25) is 0 Å². The van der Waals surface area contributed by atoms with E-state index in [9.17, 15) is 24.5 Å². The molecule has 0 N–H and O–H groups in total. The first kappa shape index (κ1) is 22.0. The van der Waals surface area contributed by atoms with Crippen molar-refractivity contribution in [3.63, 3.8) is 0 Å². The van der Waals surface area contributed by atoms with E-state index in [-0.39, 0.29) is 17.1 Å². The molecule has 0 spiro atoms. The Morgan fingerprint density at radius 1 is 1.09 bits per heavy atom. The van der Waals surface area contributed by atoms with E-state index >= 15 is 0 Å². The van der Waals surface area contributed by atoms with E-state index in [1.807, 2.05) is 0 Å². The molecule has 1 aliphatic rings. The summed E-state index contributed by atoms with van der Waals surface area (Å²) in [6.07, 6.45) is 1.49. The van der Waals surface area contributed by atoms with E-state index in [4.69, 9.17) is 4.42 Å². The summed E-state index contributed by atoms with van der Waals surface area (Å²) in [6.45, 7) is 0.00987. The van der Waals surface area contributed by atoms with Crippen LogP contribution < -0.4 is 0 Å². The van der Waals surface area contributed by atoms with Gasteiger partial charge in [0.05, 0.1) is 29.0 Å². The number of esters is 1. The zero-order valence-corrected chi connectivity index (χ0v) is 18.0. The average molecular weight is 464 g/mol. The fourth-order valence-electron chi connectivity index (χ4n) is 3.15. The van der Waals surface area contributed by atoms with Gasteiger partial charge < -0.3 is 9.15 Å². The number of nitrogens with zero attached hydrogens (tertiary/aromatic N) is 2. The lowest BCUT2D eigenvalue weighted by molar-refractivity contribution is -0.384. The van der Waals surface area contributed by atoms with E-state index in [2.05, 4.69) is 4.74 Å². The summed E-state index contributed by atoms with van der Waals surface area (Å²) in [6, 6.07) is 15.7. The molecule has 2 aromatic carbocycles. The number of amides is 2. The highest BCUT2D eigenvalue weighted by Crippen LogP contribution is 2.34. The molecule has 1 fully saturated rings. The molecule has 33 heavy (non-hydrogen) atoms. The number of thioether (sulfide) groups is 1. The summed E-state index contributed by atoms with van der Waals surface area (Å²) < 4.78 is 10.5. The second kappa shape index (κ2) is 9.13. The van der Waals surface area contributed by atoms with Gasteiger partial charge in [-0.05, 0) is 41.6 Å². The molecule has 2 amide bonds. The fraction of sp³-hybridized carbons (Fsp3) is 0.0870. The highest BCUT2D eigenvalue weighted by Gasteiger charge is 2.35. The maximum atomic E-state index is 12.7. The molecule has 4 rings (SSSR count). The lowest BCUT2D eigenvalue weighted by Gasteiger charge is -2.12. The Hall–Kier alpha value is -4.18. The molecule has 0 saturated carbocycles. The number of nitro groups is 1. The number of rotatable bonds is 6. The SMILES string of the molecule is COC(=O)c1ccc(-c2ccc(/C=C3\SC(=O)N(Cc4ccc([N+](=O)[O-])cc4)C3=O)o2)cc1. The van der Waals surface area contributed by atoms with Crippen LogP contribution in [0.2, 0.25) is 0 Å². The maximum Gasteiger partial charge on any atom is 0.337 e. The molecule has 2 heterocycles. The maximum absolute atomic E-state index is 12.7. The minimum atomic E-state index is -0.516. The van der Waals surface area contributed by atoms with Crippen molar-refractivity contribution in [2.24, 2.45) is 0 Å². The van der Waals surface area contributed by atoms with Crippen LogP contribution in [0.3, 0.4) is 0 Å². The Morgan fingerprint density at radius 3 is 2.42 bits per heavy atom. The number of carbonyl (C=O) groups is 3. The van der Waals surface area contributed by atoms with Crippen molar-refractivity contribution in [1.82, 2.24) is 4.90 Å². The Kier molecular flexibility index (Phi) is 6.09. The van der Waals surface area contributed by atoms with E-state index in [1.165, 1.54) is 37.5 Å². The number of carbonyl (C=O) groups excluding carboxylic acids is 3. The third-order valence-corrected chi connectivity index (χ3v) is 5.76. The Labute approximate surface area is 191 Å². The summed E-state index contributed by atoms with van der Waals surface area (Å²) in [5, 5.41) is 10.3. The highest BCUT2D eigenvalue weighted by molar-refractivity contribution is 8.18. The van der Waals surface area contributed by atoms with Crippen molar-refractivity contribution in [2.75, 3.05) is 7.11 Å². The predicted octanol–water partition coefficient (Wildman–Crippen LogP) is 4.88. The number of hydrogen-bond donors (Lipinski definition) is 0. The van der Waals surface area contributed by atoms with Crippen LogP contribution in [0.25, 0.3) is 17.4 Å². The van der Waals surface area contributed by atoms with Crippen LogP contribution in [0.15, 0.2) is 70.0 Å². The van der Waals surface area contributed by atoms with Crippen molar-refractivity contribution < 1.29 is 28.5 Å². The van der Waals surface area contributed by atoms with Gasteiger partial charge >= 0.3 is 5.97 Å². The van der Waals surface area contributed by atoms with Gasteiger partial charge in [-0.15, -0.1) is 0 Å². The largest absolute Gasteiger partial charge is 0.465 e. The normalized spacial score (nSPS) is 14.7. The molecule has 9 nitrogen and oxygen atoms in total. The summed E-state index contributed by atoms with van der Waals surface area (Å²) in [5.74, 6) is 0.0144. The minimum absolute atomic E-state index is 0.00987. The van der Waals surface area contributed by atoms with E-state index in [0.29, 0.717) is 22.6 Å². The lowest BCUT2D eigenvalue weighted by Crippen LogP contribution is -2.27. The number of furan rings is 1. The third kappa shape index (κ3) is 4.70. The zero-order valence-electron chi connectivity index (χ0n) is 17.2.